The standard InChI is InChI=1S/C21H23NO5/c1-14-3-5-16(6-4-14)11-21(24)27-13-20(23)22-15(2)17-7-8-18-19(12-17)26-10-9-25-18/h3-8,12,15H,9-11,13H2,1-2H3,(H,22,23)/t15-/m1/s1. The molecule has 0 aliphatic carbocycles. The number of ether oxygens (including phenoxy) is 3. The largest absolute Gasteiger partial charge is 0.486 e. The molecule has 1 aliphatic heterocycles. The number of benzene rings is 2. The summed E-state index contributed by atoms with van der Waals surface area (Å²) in [5.41, 5.74) is 2.87. The number of nitrogens with one attached hydrogen (secondary N) is 1. The predicted octanol–water partition coefficient (Wildman–Crippen LogP) is 2.73. The van der Waals surface area contributed by atoms with Gasteiger partial charge < -0.3 is 19.5 Å². The van der Waals surface area contributed by atoms with Gasteiger partial charge in [0.15, 0.2) is 18.1 Å². The van der Waals surface area contributed by atoms with Crippen molar-refractivity contribution in [1.82, 2.24) is 5.32 Å². The summed E-state index contributed by atoms with van der Waals surface area (Å²) in [4.78, 5) is 24.0. The van der Waals surface area contributed by atoms with E-state index in [4.69, 9.17) is 14.2 Å². The minimum Gasteiger partial charge on any atom is -0.486 e. The molecule has 0 saturated heterocycles. The lowest BCUT2D eigenvalue weighted by atomic mass is 10.1. The highest BCUT2D eigenvalue weighted by Crippen LogP contribution is 2.32. The molecule has 0 spiro atoms. The van der Waals surface area contributed by atoms with Crippen LogP contribution in [0.2, 0.25) is 0 Å². The molecule has 0 bridgehead atoms. The van der Waals surface area contributed by atoms with Crippen molar-refractivity contribution in [1.29, 1.82) is 0 Å². The minimum absolute atomic E-state index is 0.144. The summed E-state index contributed by atoms with van der Waals surface area (Å²) in [5.74, 6) is 0.591. The van der Waals surface area contributed by atoms with Crippen molar-refractivity contribution in [3.8, 4) is 11.5 Å². The number of aryl methyl sites for hydroxylation is 1. The molecule has 6 heteroatoms. The first kappa shape index (κ1) is 18.8. The average Bonchev–Trinajstić information content (AvgIpc) is 2.68. The van der Waals surface area contributed by atoms with Gasteiger partial charge in [0.1, 0.15) is 13.2 Å². The lowest BCUT2D eigenvalue weighted by Gasteiger charge is -2.21. The zero-order valence-corrected chi connectivity index (χ0v) is 15.5. The zero-order chi connectivity index (χ0) is 19.2. The van der Waals surface area contributed by atoms with E-state index in [1.54, 1.807) is 0 Å². The fraction of sp³-hybridized carbons (Fsp3) is 0.333. The zero-order valence-electron chi connectivity index (χ0n) is 15.5. The number of hydrogen-bond acceptors (Lipinski definition) is 5. The monoisotopic (exact) mass is 369 g/mol. The number of esters is 1. The summed E-state index contributed by atoms with van der Waals surface area (Å²) < 4.78 is 16.1. The lowest BCUT2D eigenvalue weighted by Crippen LogP contribution is -2.31. The maximum absolute atomic E-state index is 12.1. The molecule has 1 atom stereocenters. The molecule has 0 saturated carbocycles. The molecule has 0 radical (unpaired) electrons. The van der Waals surface area contributed by atoms with Crippen molar-refractivity contribution >= 4 is 11.9 Å². The van der Waals surface area contributed by atoms with Gasteiger partial charge in [-0.25, -0.2) is 0 Å². The Bertz CT molecular complexity index is 816. The Kier molecular flexibility index (Phi) is 5.96. The highest BCUT2D eigenvalue weighted by molar-refractivity contribution is 5.81. The molecular weight excluding hydrogens is 346 g/mol. The average molecular weight is 369 g/mol. The topological polar surface area (TPSA) is 73.9 Å². The van der Waals surface area contributed by atoms with Crippen molar-refractivity contribution in [2.75, 3.05) is 19.8 Å². The van der Waals surface area contributed by atoms with Crippen LogP contribution in [-0.2, 0) is 20.7 Å². The Morgan fingerprint density at radius 3 is 2.52 bits per heavy atom. The first-order valence-corrected chi connectivity index (χ1v) is 8.91. The summed E-state index contributed by atoms with van der Waals surface area (Å²) in [6, 6.07) is 12.9. The van der Waals surface area contributed by atoms with Gasteiger partial charge in [0.05, 0.1) is 12.5 Å². The molecule has 1 heterocycles. The number of rotatable bonds is 6. The van der Waals surface area contributed by atoms with E-state index in [1.807, 2.05) is 56.3 Å². The SMILES string of the molecule is Cc1ccc(CC(=O)OCC(=O)N[C@H](C)c2ccc3c(c2)OCCO3)cc1. The van der Waals surface area contributed by atoms with Crippen LogP contribution in [0, 0.1) is 6.92 Å². The van der Waals surface area contributed by atoms with Crippen molar-refractivity contribution in [2.24, 2.45) is 0 Å². The van der Waals surface area contributed by atoms with Gasteiger partial charge >= 0.3 is 5.97 Å². The van der Waals surface area contributed by atoms with E-state index < -0.39 is 5.97 Å². The van der Waals surface area contributed by atoms with Crippen molar-refractivity contribution in [2.45, 2.75) is 26.3 Å². The normalized spacial score (nSPS) is 13.6. The van der Waals surface area contributed by atoms with Crippen LogP contribution in [0.15, 0.2) is 42.5 Å². The summed E-state index contributed by atoms with van der Waals surface area (Å²) in [6.45, 7) is 4.58. The molecule has 0 aromatic heterocycles. The molecule has 2 aromatic carbocycles. The second-order valence-corrected chi connectivity index (χ2v) is 6.52. The number of carbonyl (C=O) groups excluding carboxylic acids is 2. The van der Waals surface area contributed by atoms with E-state index in [-0.39, 0.29) is 25.0 Å². The van der Waals surface area contributed by atoms with Crippen LogP contribution in [0.1, 0.15) is 29.7 Å². The molecule has 142 valence electrons. The smallest absolute Gasteiger partial charge is 0.310 e. The summed E-state index contributed by atoms with van der Waals surface area (Å²) in [5, 5.41) is 2.82. The van der Waals surface area contributed by atoms with E-state index in [0.717, 1.165) is 16.7 Å². The molecular formula is C21H23NO5. The second-order valence-electron chi connectivity index (χ2n) is 6.52. The first-order chi connectivity index (χ1) is 13.0. The van der Waals surface area contributed by atoms with Gasteiger partial charge in [0.25, 0.3) is 5.91 Å². The van der Waals surface area contributed by atoms with E-state index in [2.05, 4.69) is 5.32 Å². The maximum atomic E-state index is 12.1. The van der Waals surface area contributed by atoms with Crippen LogP contribution in [0.25, 0.3) is 0 Å². The third-order valence-electron chi connectivity index (χ3n) is 4.28. The number of hydrogen-bond donors (Lipinski definition) is 1. The second kappa shape index (κ2) is 8.58. The van der Waals surface area contributed by atoms with Gasteiger partial charge in [-0.05, 0) is 37.1 Å². The van der Waals surface area contributed by atoms with Gasteiger partial charge in [-0.3, -0.25) is 9.59 Å². The first-order valence-electron chi connectivity index (χ1n) is 8.91. The van der Waals surface area contributed by atoms with E-state index in [9.17, 15) is 9.59 Å². The minimum atomic E-state index is -0.430. The summed E-state index contributed by atoms with van der Waals surface area (Å²) >= 11 is 0. The fourth-order valence-electron chi connectivity index (χ4n) is 2.77. The molecule has 0 fully saturated rings. The Morgan fingerprint density at radius 2 is 1.78 bits per heavy atom. The highest BCUT2D eigenvalue weighted by Gasteiger charge is 2.16. The molecule has 1 N–H and O–H groups in total. The molecule has 1 amide bonds. The Labute approximate surface area is 158 Å². The third-order valence-corrected chi connectivity index (χ3v) is 4.28. The predicted molar refractivity (Wildman–Crippen MR) is 99.8 cm³/mol. The quantitative estimate of drug-likeness (QED) is 0.793. The Balaban J connectivity index is 1.47. The Hall–Kier alpha value is -3.02. The molecule has 6 nitrogen and oxygen atoms in total. The van der Waals surface area contributed by atoms with Gasteiger partial charge in [0, 0.05) is 0 Å². The summed E-state index contributed by atoms with van der Waals surface area (Å²) in [7, 11) is 0. The molecule has 2 aromatic rings. The highest BCUT2D eigenvalue weighted by atomic mass is 16.6. The van der Waals surface area contributed by atoms with Crippen LogP contribution in [-0.4, -0.2) is 31.7 Å². The maximum Gasteiger partial charge on any atom is 0.310 e. The van der Waals surface area contributed by atoms with E-state index in [1.165, 1.54) is 0 Å². The van der Waals surface area contributed by atoms with Crippen molar-refractivity contribution in [3.63, 3.8) is 0 Å². The van der Waals surface area contributed by atoms with Crippen LogP contribution in [0.4, 0.5) is 0 Å². The van der Waals surface area contributed by atoms with Gasteiger partial charge in [-0.1, -0.05) is 35.9 Å². The molecule has 3 rings (SSSR count). The lowest BCUT2D eigenvalue weighted by molar-refractivity contribution is -0.148. The van der Waals surface area contributed by atoms with Crippen LogP contribution >= 0.6 is 0 Å². The fourth-order valence-corrected chi connectivity index (χ4v) is 2.77. The van der Waals surface area contributed by atoms with Crippen LogP contribution in [0.3, 0.4) is 0 Å². The van der Waals surface area contributed by atoms with E-state index >= 15 is 0 Å². The van der Waals surface area contributed by atoms with Crippen molar-refractivity contribution < 1.29 is 23.8 Å². The van der Waals surface area contributed by atoms with Crippen molar-refractivity contribution in [3.05, 3.63) is 59.2 Å². The van der Waals surface area contributed by atoms with Crippen LogP contribution < -0.4 is 14.8 Å². The van der Waals surface area contributed by atoms with Crippen LogP contribution in [0.5, 0.6) is 11.5 Å². The van der Waals surface area contributed by atoms with Gasteiger partial charge in [-0.15, -0.1) is 0 Å². The molecule has 27 heavy (non-hydrogen) atoms. The number of amides is 1. The summed E-state index contributed by atoms with van der Waals surface area (Å²) in [6.07, 6.45) is 0.144. The molecule has 1 aliphatic rings. The number of fused-ring (bicyclic) bond motifs is 1. The Morgan fingerprint density at radius 1 is 1.07 bits per heavy atom. The number of carbonyl (C=O) groups is 2. The van der Waals surface area contributed by atoms with Gasteiger partial charge in [0.2, 0.25) is 0 Å². The van der Waals surface area contributed by atoms with E-state index in [0.29, 0.717) is 24.7 Å². The molecule has 0 unspecified atom stereocenters. The third kappa shape index (κ3) is 5.23. The van der Waals surface area contributed by atoms with Gasteiger partial charge in [-0.2, -0.15) is 0 Å².